The van der Waals surface area contributed by atoms with Crippen LogP contribution in [0.4, 0.5) is 5.69 Å². The molecule has 0 aliphatic rings. The number of benzene rings is 2. The summed E-state index contributed by atoms with van der Waals surface area (Å²) in [5.41, 5.74) is 6.37. The maximum absolute atomic E-state index is 11.8. The van der Waals surface area contributed by atoms with Crippen LogP contribution < -0.4 is 4.90 Å². The predicted molar refractivity (Wildman–Crippen MR) is 122 cm³/mol. The highest BCUT2D eigenvalue weighted by atomic mass is 16.3. The van der Waals surface area contributed by atoms with Crippen molar-refractivity contribution in [3.8, 4) is 0 Å². The molecule has 1 N–H and O–H groups in total. The number of aromatic nitrogens is 1. The molecule has 1 aromatic heterocycles. The van der Waals surface area contributed by atoms with Gasteiger partial charge in [0.1, 0.15) is 6.04 Å². The van der Waals surface area contributed by atoms with Gasteiger partial charge in [-0.05, 0) is 66.8 Å². The van der Waals surface area contributed by atoms with Crippen molar-refractivity contribution in [1.29, 1.82) is 0 Å². The molecule has 0 fully saturated rings. The molecule has 0 radical (unpaired) electrons. The van der Waals surface area contributed by atoms with Crippen molar-refractivity contribution in [2.24, 2.45) is 5.18 Å². The number of hydrogen-bond acceptors (Lipinski definition) is 5. The molecule has 3 aromatic rings. The molecule has 2 atom stereocenters. The lowest BCUT2D eigenvalue weighted by atomic mass is 9.82. The number of aliphatic hydroxyl groups is 1. The Kier molecular flexibility index (Phi) is 7.31. The molecule has 2 aromatic carbocycles. The van der Waals surface area contributed by atoms with E-state index in [1.165, 1.54) is 11.1 Å². The number of nitroso groups, excluding NO2 is 1. The molecule has 0 saturated heterocycles. The second-order valence-corrected chi connectivity index (χ2v) is 7.73. The van der Waals surface area contributed by atoms with E-state index in [9.17, 15) is 10.0 Å². The van der Waals surface area contributed by atoms with Crippen LogP contribution in [0.2, 0.25) is 0 Å². The molecule has 30 heavy (non-hydrogen) atoms. The Labute approximate surface area is 178 Å². The minimum Gasteiger partial charge on any atom is -0.395 e. The highest BCUT2D eigenvalue weighted by Gasteiger charge is 2.23. The first kappa shape index (κ1) is 21.7. The SMILES string of the molecule is Cc1cc(C(C[C@H](c2ccc(N(C)CCO)cc2)c2ccccc2C)N=O)ccn1. The molecule has 5 heteroatoms. The van der Waals surface area contributed by atoms with Crippen molar-refractivity contribution in [3.63, 3.8) is 0 Å². The van der Waals surface area contributed by atoms with Gasteiger partial charge in [0.2, 0.25) is 0 Å². The van der Waals surface area contributed by atoms with Gasteiger partial charge in [-0.1, -0.05) is 41.6 Å². The molecule has 0 amide bonds. The van der Waals surface area contributed by atoms with Crippen LogP contribution in [0.25, 0.3) is 0 Å². The van der Waals surface area contributed by atoms with Crippen LogP contribution in [0.5, 0.6) is 0 Å². The summed E-state index contributed by atoms with van der Waals surface area (Å²) >= 11 is 0. The molecule has 0 aliphatic heterocycles. The van der Waals surface area contributed by atoms with Crippen molar-refractivity contribution >= 4 is 5.69 Å². The van der Waals surface area contributed by atoms with Gasteiger partial charge in [-0.3, -0.25) is 4.98 Å². The van der Waals surface area contributed by atoms with Crippen LogP contribution in [0.1, 0.15) is 46.3 Å². The monoisotopic (exact) mass is 403 g/mol. The fourth-order valence-electron chi connectivity index (χ4n) is 3.90. The van der Waals surface area contributed by atoms with Crippen LogP contribution in [0, 0.1) is 18.8 Å². The summed E-state index contributed by atoms with van der Waals surface area (Å²) in [7, 11) is 1.96. The summed E-state index contributed by atoms with van der Waals surface area (Å²) in [5.74, 6) is 0.0413. The molecule has 156 valence electrons. The average Bonchev–Trinajstić information content (AvgIpc) is 2.76. The van der Waals surface area contributed by atoms with Crippen LogP contribution in [0.3, 0.4) is 0 Å². The second-order valence-electron chi connectivity index (χ2n) is 7.73. The fourth-order valence-corrected chi connectivity index (χ4v) is 3.90. The zero-order valence-electron chi connectivity index (χ0n) is 17.8. The third kappa shape index (κ3) is 5.10. The van der Waals surface area contributed by atoms with E-state index in [0.29, 0.717) is 13.0 Å². The van der Waals surface area contributed by atoms with E-state index in [1.54, 1.807) is 6.20 Å². The smallest absolute Gasteiger partial charge is 0.118 e. The highest BCUT2D eigenvalue weighted by Crippen LogP contribution is 2.37. The Balaban J connectivity index is 1.97. The summed E-state index contributed by atoms with van der Waals surface area (Å²) in [5, 5.41) is 12.7. The Morgan fingerprint density at radius 1 is 1.03 bits per heavy atom. The van der Waals surface area contributed by atoms with Gasteiger partial charge >= 0.3 is 0 Å². The van der Waals surface area contributed by atoms with E-state index in [4.69, 9.17) is 0 Å². The van der Waals surface area contributed by atoms with Crippen molar-refractivity contribution < 1.29 is 5.11 Å². The number of aliphatic hydroxyl groups excluding tert-OH is 1. The Bertz CT molecular complexity index is 972. The lowest BCUT2D eigenvalue weighted by Gasteiger charge is -2.24. The normalized spacial score (nSPS) is 12.9. The first-order chi connectivity index (χ1) is 14.5. The van der Waals surface area contributed by atoms with Gasteiger partial charge in [0.25, 0.3) is 0 Å². The predicted octanol–water partition coefficient (Wildman–Crippen LogP) is 5.16. The maximum Gasteiger partial charge on any atom is 0.118 e. The van der Waals surface area contributed by atoms with E-state index in [0.717, 1.165) is 22.5 Å². The highest BCUT2D eigenvalue weighted by molar-refractivity contribution is 5.49. The first-order valence-electron chi connectivity index (χ1n) is 10.3. The van der Waals surface area contributed by atoms with Crippen molar-refractivity contribution in [1.82, 2.24) is 4.98 Å². The maximum atomic E-state index is 11.8. The van der Waals surface area contributed by atoms with Crippen molar-refractivity contribution in [3.05, 3.63) is 99.7 Å². The summed E-state index contributed by atoms with van der Waals surface area (Å²) < 4.78 is 0. The quantitative estimate of drug-likeness (QED) is 0.501. The van der Waals surface area contributed by atoms with Gasteiger partial charge in [-0.25, -0.2) is 0 Å². The number of anilines is 1. The number of pyridine rings is 1. The fraction of sp³-hybridized carbons (Fsp3) is 0.320. The van der Waals surface area contributed by atoms with E-state index in [2.05, 4.69) is 53.5 Å². The molecule has 0 bridgehead atoms. The lowest BCUT2D eigenvalue weighted by Crippen LogP contribution is -2.21. The number of aryl methyl sites for hydroxylation is 2. The topological polar surface area (TPSA) is 65.8 Å². The van der Waals surface area contributed by atoms with Crippen LogP contribution in [-0.2, 0) is 0 Å². The molecule has 5 nitrogen and oxygen atoms in total. The minimum atomic E-state index is -0.451. The van der Waals surface area contributed by atoms with Gasteiger partial charge in [0, 0.05) is 37.1 Å². The van der Waals surface area contributed by atoms with Gasteiger partial charge in [-0.15, -0.1) is 0 Å². The first-order valence-corrected chi connectivity index (χ1v) is 10.3. The minimum absolute atomic E-state index is 0.0413. The van der Waals surface area contributed by atoms with Crippen LogP contribution in [0.15, 0.2) is 72.0 Å². The summed E-state index contributed by atoms with van der Waals surface area (Å²) in [4.78, 5) is 18.1. The molecule has 0 spiro atoms. The summed E-state index contributed by atoms with van der Waals surface area (Å²) in [6.07, 6.45) is 2.32. The molecule has 1 heterocycles. The van der Waals surface area contributed by atoms with E-state index >= 15 is 0 Å². The van der Waals surface area contributed by atoms with Gasteiger partial charge < -0.3 is 10.0 Å². The zero-order valence-corrected chi connectivity index (χ0v) is 17.8. The average molecular weight is 404 g/mol. The van der Waals surface area contributed by atoms with E-state index < -0.39 is 6.04 Å². The molecular formula is C25H29N3O2. The second kappa shape index (κ2) is 10.1. The summed E-state index contributed by atoms with van der Waals surface area (Å²) in [6.45, 7) is 4.72. The van der Waals surface area contributed by atoms with E-state index in [-0.39, 0.29) is 12.5 Å². The molecule has 3 rings (SSSR count). The van der Waals surface area contributed by atoms with Gasteiger partial charge in [0.15, 0.2) is 0 Å². The molecule has 0 aliphatic carbocycles. The van der Waals surface area contributed by atoms with Crippen LogP contribution >= 0.6 is 0 Å². The van der Waals surface area contributed by atoms with Gasteiger partial charge in [-0.2, -0.15) is 4.91 Å². The number of likely N-dealkylation sites (N-methyl/N-ethyl adjacent to an activating group) is 1. The number of nitrogens with zero attached hydrogens (tertiary/aromatic N) is 3. The largest absolute Gasteiger partial charge is 0.395 e. The molecule has 0 saturated carbocycles. The third-order valence-electron chi connectivity index (χ3n) is 5.63. The third-order valence-corrected chi connectivity index (χ3v) is 5.63. The van der Waals surface area contributed by atoms with Crippen molar-refractivity contribution in [2.45, 2.75) is 32.2 Å². The van der Waals surface area contributed by atoms with Gasteiger partial charge in [0.05, 0.1) is 6.61 Å². The Morgan fingerprint density at radius 2 is 1.77 bits per heavy atom. The Morgan fingerprint density at radius 3 is 2.40 bits per heavy atom. The van der Waals surface area contributed by atoms with Crippen LogP contribution in [-0.4, -0.2) is 30.3 Å². The lowest BCUT2D eigenvalue weighted by molar-refractivity contribution is 0.304. The van der Waals surface area contributed by atoms with Crippen molar-refractivity contribution in [2.75, 3.05) is 25.1 Å². The standard InChI is InChI=1S/C25H29N3O2/c1-18-6-4-5-7-23(18)24(17-25(27-30)21-12-13-26-19(2)16-21)20-8-10-22(11-9-20)28(3)14-15-29/h4-13,16,24-25,29H,14-15,17H2,1-3H3/t24-,25?/m1/s1. The summed E-state index contributed by atoms with van der Waals surface area (Å²) in [6, 6.07) is 20.0. The zero-order chi connectivity index (χ0) is 21.5. The molecule has 1 unspecified atom stereocenters. The number of rotatable bonds is 9. The number of hydrogen-bond donors (Lipinski definition) is 1. The Hall–Kier alpha value is -3.05. The van der Waals surface area contributed by atoms with E-state index in [1.807, 2.05) is 43.1 Å². The molecular weight excluding hydrogens is 374 g/mol.